The molecule has 72 valence electrons. The number of primary amides is 1. The molecular weight excluding hydrogens is 164 g/mol. The molecule has 13 heavy (non-hydrogen) atoms. The van der Waals surface area contributed by atoms with Crippen LogP contribution in [0, 0.1) is 6.92 Å². The average molecular weight is 180 g/mol. The first-order valence-electron chi connectivity index (χ1n) is 4.10. The first-order chi connectivity index (χ1) is 6.04. The van der Waals surface area contributed by atoms with Gasteiger partial charge in [-0.2, -0.15) is 0 Å². The van der Waals surface area contributed by atoms with Crippen molar-refractivity contribution >= 4 is 5.91 Å². The van der Waals surface area contributed by atoms with Gasteiger partial charge in [-0.05, 0) is 13.8 Å². The Morgan fingerprint density at radius 3 is 1.85 bits per heavy atom. The summed E-state index contributed by atoms with van der Waals surface area (Å²) >= 11 is 0. The summed E-state index contributed by atoms with van der Waals surface area (Å²) in [5, 5.41) is 0. The predicted molar refractivity (Wildman–Crippen MR) is 54.0 cm³/mol. The van der Waals surface area contributed by atoms with E-state index in [2.05, 4.69) is 24.8 Å². The number of hydrogen-bond acceptors (Lipinski definition) is 2. The van der Waals surface area contributed by atoms with E-state index in [9.17, 15) is 4.79 Å². The van der Waals surface area contributed by atoms with Crippen molar-refractivity contribution in [3.8, 4) is 0 Å². The Hall–Kier alpha value is -1.35. The highest BCUT2D eigenvalue weighted by molar-refractivity contribution is 5.78. The van der Waals surface area contributed by atoms with E-state index in [0.717, 1.165) is 0 Å². The van der Waals surface area contributed by atoms with E-state index < -0.39 is 11.9 Å². The maximum Gasteiger partial charge on any atom is 0.234 e. The van der Waals surface area contributed by atoms with Gasteiger partial charge in [0.1, 0.15) is 0 Å². The van der Waals surface area contributed by atoms with Crippen LogP contribution < -0.4 is 11.5 Å². The molecule has 1 atom stereocenters. The summed E-state index contributed by atoms with van der Waals surface area (Å²) in [7, 11) is 0. The summed E-state index contributed by atoms with van der Waals surface area (Å²) in [5.41, 5.74) is 11.0. The Balaban J connectivity index is 0.000000226. The van der Waals surface area contributed by atoms with Gasteiger partial charge in [-0.1, -0.05) is 35.9 Å². The molecule has 3 heteroatoms. The highest BCUT2D eigenvalue weighted by Crippen LogP contribution is 1.92. The predicted octanol–water partition coefficient (Wildman–Crippen LogP) is 0.814. The van der Waals surface area contributed by atoms with E-state index in [-0.39, 0.29) is 0 Å². The molecule has 0 saturated carbocycles. The fourth-order valence-corrected chi connectivity index (χ4v) is 0.534. The number of benzene rings is 1. The number of carbonyl (C=O) groups excluding carboxylic acids is 1. The Morgan fingerprint density at radius 1 is 1.31 bits per heavy atom. The summed E-state index contributed by atoms with van der Waals surface area (Å²) in [5.74, 6) is -0.463. The van der Waals surface area contributed by atoms with Crippen molar-refractivity contribution in [1.29, 1.82) is 0 Å². The minimum Gasteiger partial charge on any atom is -0.368 e. The molecule has 0 aliphatic carbocycles. The number of amides is 1. The van der Waals surface area contributed by atoms with Crippen LogP contribution in [0.1, 0.15) is 12.5 Å². The van der Waals surface area contributed by atoms with Gasteiger partial charge in [0.25, 0.3) is 0 Å². The molecule has 1 aromatic carbocycles. The van der Waals surface area contributed by atoms with Crippen molar-refractivity contribution in [2.45, 2.75) is 19.9 Å². The van der Waals surface area contributed by atoms with E-state index in [1.165, 1.54) is 5.56 Å². The monoisotopic (exact) mass is 180 g/mol. The SMILES string of the molecule is CC(N)C(N)=O.Cc1ccccc1. The third-order valence-electron chi connectivity index (χ3n) is 1.39. The Morgan fingerprint density at radius 2 is 1.69 bits per heavy atom. The first-order valence-corrected chi connectivity index (χ1v) is 4.10. The summed E-state index contributed by atoms with van der Waals surface area (Å²) in [6.07, 6.45) is 0. The van der Waals surface area contributed by atoms with Crippen molar-refractivity contribution in [3.63, 3.8) is 0 Å². The lowest BCUT2D eigenvalue weighted by Gasteiger charge is -1.91. The minimum atomic E-state index is -0.509. The van der Waals surface area contributed by atoms with Crippen molar-refractivity contribution in [1.82, 2.24) is 0 Å². The topological polar surface area (TPSA) is 69.1 Å². The molecule has 0 spiro atoms. The van der Waals surface area contributed by atoms with E-state index in [4.69, 9.17) is 5.73 Å². The summed E-state index contributed by atoms with van der Waals surface area (Å²) in [6.45, 7) is 3.63. The standard InChI is InChI=1S/C7H8.C3H8N2O/c1-7-5-3-2-4-6-7;1-2(4)3(5)6/h2-6H,1H3;2H,4H2,1H3,(H2,5,6). The molecule has 1 unspecified atom stereocenters. The van der Waals surface area contributed by atoms with E-state index in [1.807, 2.05) is 18.2 Å². The summed E-state index contributed by atoms with van der Waals surface area (Å²) in [4.78, 5) is 9.80. The second-order valence-electron chi connectivity index (χ2n) is 2.85. The molecule has 1 rings (SSSR count). The van der Waals surface area contributed by atoms with Crippen LogP contribution in [0.4, 0.5) is 0 Å². The van der Waals surface area contributed by atoms with Gasteiger partial charge in [-0.3, -0.25) is 4.79 Å². The first kappa shape index (κ1) is 11.6. The maximum atomic E-state index is 9.80. The third-order valence-corrected chi connectivity index (χ3v) is 1.39. The van der Waals surface area contributed by atoms with Crippen molar-refractivity contribution < 1.29 is 4.79 Å². The highest BCUT2D eigenvalue weighted by atomic mass is 16.1. The number of carbonyl (C=O) groups is 1. The van der Waals surface area contributed by atoms with Crippen molar-refractivity contribution in [2.24, 2.45) is 11.5 Å². The maximum absolute atomic E-state index is 9.80. The van der Waals surface area contributed by atoms with Gasteiger partial charge < -0.3 is 11.5 Å². The quantitative estimate of drug-likeness (QED) is 0.671. The molecule has 0 heterocycles. The van der Waals surface area contributed by atoms with Crippen LogP contribution in [0.25, 0.3) is 0 Å². The molecule has 0 aromatic heterocycles. The number of nitrogens with two attached hydrogens (primary N) is 2. The molecule has 0 saturated heterocycles. The number of aryl methyl sites for hydroxylation is 1. The van der Waals surface area contributed by atoms with Crippen molar-refractivity contribution in [3.05, 3.63) is 35.9 Å². The van der Waals surface area contributed by atoms with Crippen LogP contribution >= 0.6 is 0 Å². The fraction of sp³-hybridized carbons (Fsp3) is 0.300. The van der Waals surface area contributed by atoms with Gasteiger partial charge >= 0.3 is 0 Å². The van der Waals surface area contributed by atoms with Gasteiger partial charge in [0.2, 0.25) is 5.91 Å². The molecule has 0 fully saturated rings. The minimum absolute atomic E-state index is 0.463. The molecule has 1 amide bonds. The lowest BCUT2D eigenvalue weighted by atomic mass is 10.2. The largest absolute Gasteiger partial charge is 0.368 e. The second kappa shape index (κ2) is 6.20. The number of rotatable bonds is 1. The second-order valence-corrected chi connectivity index (χ2v) is 2.85. The smallest absolute Gasteiger partial charge is 0.234 e. The van der Waals surface area contributed by atoms with E-state index in [0.29, 0.717) is 0 Å². The zero-order valence-electron chi connectivity index (χ0n) is 8.03. The van der Waals surface area contributed by atoms with Crippen LogP contribution in [-0.2, 0) is 4.79 Å². The van der Waals surface area contributed by atoms with Gasteiger partial charge in [-0.25, -0.2) is 0 Å². The van der Waals surface area contributed by atoms with Gasteiger partial charge in [0, 0.05) is 0 Å². The molecular formula is C10H16N2O. The van der Waals surface area contributed by atoms with Crippen LogP contribution in [0.15, 0.2) is 30.3 Å². The molecule has 0 radical (unpaired) electrons. The Labute approximate surface area is 78.7 Å². The van der Waals surface area contributed by atoms with E-state index in [1.54, 1.807) is 6.92 Å². The average Bonchev–Trinajstić information content (AvgIpc) is 2.06. The molecule has 4 N–H and O–H groups in total. The number of hydrogen-bond donors (Lipinski definition) is 2. The molecule has 1 aromatic rings. The fourth-order valence-electron chi connectivity index (χ4n) is 0.534. The van der Waals surface area contributed by atoms with Crippen LogP contribution in [0.2, 0.25) is 0 Å². The van der Waals surface area contributed by atoms with Crippen LogP contribution in [0.3, 0.4) is 0 Å². The van der Waals surface area contributed by atoms with E-state index >= 15 is 0 Å². The van der Waals surface area contributed by atoms with Gasteiger partial charge in [0.05, 0.1) is 6.04 Å². The van der Waals surface area contributed by atoms with Crippen LogP contribution in [-0.4, -0.2) is 11.9 Å². The zero-order chi connectivity index (χ0) is 10.3. The van der Waals surface area contributed by atoms with Crippen LogP contribution in [0.5, 0.6) is 0 Å². The zero-order valence-corrected chi connectivity index (χ0v) is 8.03. The molecule has 0 bridgehead atoms. The van der Waals surface area contributed by atoms with Crippen molar-refractivity contribution in [2.75, 3.05) is 0 Å². The Bertz CT molecular complexity index is 244. The Kier molecular flexibility index (Phi) is 5.55. The molecule has 3 nitrogen and oxygen atoms in total. The third kappa shape index (κ3) is 7.03. The molecule has 0 aliphatic heterocycles. The molecule has 0 aliphatic rings. The summed E-state index contributed by atoms with van der Waals surface area (Å²) in [6, 6.07) is 9.75. The summed E-state index contributed by atoms with van der Waals surface area (Å²) < 4.78 is 0. The normalized spacial score (nSPS) is 11.0. The van der Waals surface area contributed by atoms with Gasteiger partial charge in [-0.15, -0.1) is 0 Å². The van der Waals surface area contributed by atoms with Gasteiger partial charge in [0.15, 0.2) is 0 Å². The lowest BCUT2D eigenvalue weighted by molar-refractivity contribution is -0.118. The highest BCUT2D eigenvalue weighted by Gasteiger charge is 1.96. The lowest BCUT2D eigenvalue weighted by Crippen LogP contribution is -2.32.